The van der Waals surface area contributed by atoms with Crippen molar-refractivity contribution in [2.75, 3.05) is 43.3 Å². The van der Waals surface area contributed by atoms with E-state index in [9.17, 15) is 4.79 Å². The Hall–Kier alpha value is -1.36. The first kappa shape index (κ1) is 13.7. The van der Waals surface area contributed by atoms with Gasteiger partial charge in [-0.1, -0.05) is 6.07 Å². The number of carbonyl (C=O) groups is 1. The quantitative estimate of drug-likeness (QED) is 0.642. The Morgan fingerprint density at radius 1 is 1.53 bits per heavy atom. The molecule has 0 amide bonds. The monoisotopic (exact) mass is 254 g/mol. The number of hydrogen-bond donors (Lipinski definition) is 1. The number of esters is 1. The van der Waals surface area contributed by atoms with Crippen LogP contribution < -0.4 is 10.6 Å². The van der Waals surface area contributed by atoms with Gasteiger partial charge < -0.3 is 15.4 Å². The van der Waals surface area contributed by atoms with Crippen LogP contribution in [0.2, 0.25) is 0 Å². The molecular weight excluding hydrogens is 236 g/mol. The average molecular weight is 254 g/mol. The van der Waals surface area contributed by atoms with Crippen molar-refractivity contribution in [3.05, 3.63) is 23.8 Å². The maximum absolute atomic E-state index is 11.7. The number of rotatable bonds is 5. The van der Waals surface area contributed by atoms with Crippen molar-refractivity contribution in [1.82, 2.24) is 0 Å². The van der Waals surface area contributed by atoms with Gasteiger partial charge in [0.05, 0.1) is 24.0 Å². The highest BCUT2D eigenvalue weighted by molar-refractivity contribution is 7.98. The average Bonchev–Trinajstić information content (AvgIpc) is 2.34. The molecule has 1 aromatic carbocycles. The summed E-state index contributed by atoms with van der Waals surface area (Å²) < 4.78 is 4.76. The topological polar surface area (TPSA) is 55.6 Å². The molecule has 2 N–H and O–H groups in total. The molecule has 4 nitrogen and oxygen atoms in total. The Morgan fingerprint density at radius 3 is 2.82 bits per heavy atom. The summed E-state index contributed by atoms with van der Waals surface area (Å²) in [6.07, 6.45) is 2.05. The van der Waals surface area contributed by atoms with Gasteiger partial charge in [0.25, 0.3) is 0 Å². The second-order valence-electron chi connectivity index (χ2n) is 3.65. The molecule has 0 fully saturated rings. The molecule has 1 aromatic rings. The van der Waals surface area contributed by atoms with Gasteiger partial charge in [0.2, 0.25) is 0 Å². The molecule has 0 unspecified atom stereocenters. The minimum absolute atomic E-state index is 0.358. The number of ether oxygens (including phenoxy) is 1. The van der Waals surface area contributed by atoms with Gasteiger partial charge in [0.1, 0.15) is 0 Å². The van der Waals surface area contributed by atoms with Gasteiger partial charge in [-0.25, -0.2) is 4.79 Å². The van der Waals surface area contributed by atoms with Crippen LogP contribution in [0.3, 0.4) is 0 Å². The number of nitrogens with zero attached hydrogens (tertiary/aromatic N) is 1. The predicted octanol–water partition coefficient (Wildman–Crippen LogP) is 1.85. The fourth-order valence-corrected chi connectivity index (χ4v) is 2.06. The summed E-state index contributed by atoms with van der Waals surface area (Å²) in [6, 6.07) is 5.28. The van der Waals surface area contributed by atoms with Crippen LogP contribution >= 0.6 is 11.8 Å². The van der Waals surface area contributed by atoms with E-state index < -0.39 is 0 Å². The summed E-state index contributed by atoms with van der Waals surface area (Å²) in [5.41, 5.74) is 7.78. The zero-order valence-electron chi connectivity index (χ0n) is 10.4. The molecule has 0 heterocycles. The number of anilines is 2. The number of hydrogen-bond acceptors (Lipinski definition) is 5. The summed E-state index contributed by atoms with van der Waals surface area (Å²) in [6.45, 7) is 0.833. The molecule has 0 saturated carbocycles. The third-order valence-electron chi connectivity index (χ3n) is 2.49. The molecule has 0 bridgehead atoms. The lowest BCUT2D eigenvalue weighted by molar-refractivity contribution is 0.0601. The van der Waals surface area contributed by atoms with Crippen molar-refractivity contribution >= 4 is 29.1 Å². The van der Waals surface area contributed by atoms with Gasteiger partial charge in [-0.05, 0) is 18.4 Å². The standard InChI is InChI=1S/C12H18N2O2S/c1-14(7-8-17-3)11-9(12(15)16-2)5-4-6-10(11)13/h4-6H,7-8,13H2,1-3H3. The van der Waals surface area contributed by atoms with Gasteiger partial charge in [-0.3, -0.25) is 0 Å². The minimum atomic E-state index is -0.358. The van der Waals surface area contributed by atoms with E-state index in [1.807, 2.05) is 18.2 Å². The Balaban J connectivity index is 3.06. The first-order chi connectivity index (χ1) is 8.11. The third kappa shape index (κ3) is 3.30. The van der Waals surface area contributed by atoms with Crippen molar-refractivity contribution in [3.8, 4) is 0 Å². The van der Waals surface area contributed by atoms with Gasteiger partial charge >= 0.3 is 5.97 Å². The number of nitrogen functional groups attached to an aromatic ring is 1. The molecule has 5 heteroatoms. The molecule has 0 atom stereocenters. The Labute approximate surface area is 106 Å². The van der Waals surface area contributed by atoms with E-state index in [1.54, 1.807) is 30.0 Å². The van der Waals surface area contributed by atoms with Gasteiger partial charge in [0.15, 0.2) is 0 Å². The molecule has 0 saturated heterocycles. The zero-order chi connectivity index (χ0) is 12.8. The number of thioether (sulfide) groups is 1. The van der Waals surface area contributed by atoms with Crippen molar-refractivity contribution in [1.29, 1.82) is 0 Å². The van der Waals surface area contributed by atoms with E-state index in [2.05, 4.69) is 0 Å². The van der Waals surface area contributed by atoms with Crippen LogP contribution in [0.4, 0.5) is 11.4 Å². The van der Waals surface area contributed by atoms with E-state index in [1.165, 1.54) is 7.11 Å². The summed E-state index contributed by atoms with van der Waals surface area (Å²) in [7, 11) is 3.30. The lowest BCUT2D eigenvalue weighted by atomic mass is 10.1. The van der Waals surface area contributed by atoms with Crippen LogP contribution in [-0.2, 0) is 4.74 Å². The largest absolute Gasteiger partial charge is 0.465 e. The lowest BCUT2D eigenvalue weighted by Crippen LogP contribution is -2.24. The van der Waals surface area contributed by atoms with E-state index in [-0.39, 0.29) is 5.97 Å². The number of carbonyl (C=O) groups excluding carboxylic acids is 1. The van der Waals surface area contributed by atoms with Crippen LogP contribution in [0, 0.1) is 0 Å². The zero-order valence-corrected chi connectivity index (χ0v) is 11.2. The number of methoxy groups -OCH3 is 1. The second-order valence-corrected chi connectivity index (χ2v) is 4.63. The molecule has 0 spiro atoms. The maximum atomic E-state index is 11.7. The van der Waals surface area contributed by atoms with E-state index in [0.717, 1.165) is 18.0 Å². The first-order valence-corrected chi connectivity index (χ1v) is 6.68. The predicted molar refractivity (Wildman–Crippen MR) is 73.8 cm³/mol. The van der Waals surface area contributed by atoms with Crippen molar-refractivity contribution in [2.45, 2.75) is 0 Å². The molecule has 0 radical (unpaired) electrons. The number of benzene rings is 1. The Kier molecular flexibility index (Phi) is 5.15. The van der Waals surface area contributed by atoms with E-state index >= 15 is 0 Å². The van der Waals surface area contributed by atoms with Crippen LogP contribution in [-0.4, -0.2) is 38.7 Å². The summed E-state index contributed by atoms with van der Waals surface area (Å²) in [5, 5.41) is 0. The Bertz CT molecular complexity index is 396. The molecular formula is C12H18N2O2S. The van der Waals surface area contributed by atoms with Gasteiger partial charge in [-0.2, -0.15) is 11.8 Å². The van der Waals surface area contributed by atoms with E-state index in [0.29, 0.717) is 11.3 Å². The van der Waals surface area contributed by atoms with Gasteiger partial charge in [0, 0.05) is 19.3 Å². The van der Waals surface area contributed by atoms with Crippen LogP contribution in [0.1, 0.15) is 10.4 Å². The lowest BCUT2D eigenvalue weighted by Gasteiger charge is -2.23. The molecule has 0 aliphatic carbocycles. The molecule has 0 aliphatic rings. The summed E-state index contributed by atoms with van der Waals surface area (Å²) in [5.74, 6) is 0.620. The SMILES string of the molecule is COC(=O)c1cccc(N)c1N(C)CCSC. The maximum Gasteiger partial charge on any atom is 0.340 e. The molecule has 0 aromatic heterocycles. The highest BCUT2D eigenvalue weighted by Gasteiger charge is 2.16. The van der Waals surface area contributed by atoms with Crippen LogP contribution in [0.5, 0.6) is 0 Å². The summed E-state index contributed by atoms with van der Waals surface area (Å²) in [4.78, 5) is 13.6. The number of para-hydroxylation sites is 1. The third-order valence-corrected chi connectivity index (χ3v) is 3.08. The number of nitrogens with two attached hydrogens (primary N) is 1. The van der Waals surface area contributed by atoms with Crippen molar-refractivity contribution < 1.29 is 9.53 Å². The highest BCUT2D eigenvalue weighted by atomic mass is 32.2. The minimum Gasteiger partial charge on any atom is -0.465 e. The second kappa shape index (κ2) is 6.39. The molecule has 17 heavy (non-hydrogen) atoms. The van der Waals surface area contributed by atoms with Crippen molar-refractivity contribution in [3.63, 3.8) is 0 Å². The Morgan fingerprint density at radius 2 is 2.24 bits per heavy atom. The highest BCUT2D eigenvalue weighted by Crippen LogP contribution is 2.27. The van der Waals surface area contributed by atoms with Crippen LogP contribution in [0.25, 0.3) is 0 Å². The molecule has 94 valence electrons. The normalized spacial score (nSPS) is 10.1. The van der Waals surface area contributed by atoms with Crippen molar-refractivity contribution in [2.24, 2.45) is 0 Å². The van der Waals surface area contributed by atoms with E-state index in [4.69, 9.17) is 10.5 Å². The molecule has 1 rings (SSSR count). The first-order valence-electron chi connectivity index (χ1n) is 5.28. The molecule has 0 aliphatic heterocycles. The fourth-order valence-electron chi connectivity index (χ4n) is 1.60. The fraction of sp³-hybridized carbons (Fsp3) is 0.417. The summed E-state index contributed by atoms with van der Waals surface area (Å²) >= 11 is 1.75. The van der Waals surface area contributed by atoms with Crippen LogP contribution in [0.15, 0.2) is 18.2 Å². The smallest absolute Gasteiger partial charge is 0.340 e. The van der Waals surface area contributed by atoms with Gasteiger partial charge in [-0.15, -0.1) is 0 Å².